The van der Waals surface area contributed by atoms with Gasteiger partial charge in [0, 0.05) is 59.1 Å². The van der Waals surface area contributed by atoms with Gasteiger partial charge in [0.05, 0.1) is 45.6 Å². The number of benzene rings is 4. The summed E-state index contributed by atoms with van der Waals surface area (Å²) in [5.74, 6) is 0. The SMILES string of the molecule is CC(C)(C)[Si](C)(C)[N-][c-]1cccc1.CC(C)(C)[Si](C)(C)[N-][c-]1cccc1.CC(C)(C)[Si](C)(C)[N-][c-]1cccc1.CC(C)(C)[Si](C)(C)[N-]c1ccc[cH-]1.CC1=[C-]C(C)=[C-]1.[Fe+2].[Fe+3].[Lu+3].[Lu].c1ccc(-c2cccc(-c3cccc(-c4ccccc4)n3)n2)cc1.c1ccc(-c2cccc(-c3cccc(-c4ccccc4)n3)n2)cc1. The first-order valence-corrected chi connectivity index (χ1v) is 48.8. The first-order valence-electron chi connectivity index (χ1n) is 37.0. The van der Waals surface area contributed by atoms with Gasteiger partial charge in [-0.3, -0.25) is 22.7 Å². The first kappa shape index (κ1) is 98.1. The van der Waals surface area contributed by atoms with E-state index in [1.165, 1.54) is 0 Å². The van der Waals surface area contributed by atoms with Crippen molar-refractivity contribution in [2.75, 3.05) is 0 Å². The van der Waals surface area contributed by atoms with E-state index in [2.05, 4.69) is 245 Å². The molecule has 0 saturated carbocycles. The number of hydrogen-bond acceptors (Lipinski definition) is 4. The van der Waals surface area contributed by atoms with Gasteiger partial charge in [-0.05, 0) is 81.5 Å². The average molecular weight is 1930 g/mol. The van der Waals surface area contributed by atoms with E-state index in [-0.39, 0.29) is 108 Å². The van der Waals surface area contributed by atoms with Gasteiger partial charge in [0.1, 0.15) is 0 Å². The number of allylic oxidation sites excluding steroid dienone is 4. The maximum absolute atomic E-state index is 4.86. The van der Waals surface area contributed by atoms with Gasteiger partial charge in [0.2, 0.25) is 0 Å². The van der Waals surface area contributed by atoms with Crippen LogP contribution in [-0.4, -0.2) is 52.9 Å². The monoisotopic (exact) mass is 1930 g/mol. The van der Waals surface area contributed by atoms with Gasteiger partial charge >= 0.3 is 71.0 Å². The van der Waals surface area contributed by atoms with Crippen molar-refractivity contribution in [2.24, 2.45) is 0 Å². The molecule has 0 aliphatic heterocycles. The number of nitrogens with zero attached hydrogens (tertiary/aromatic N) is 8. The molecule has 16 heteroatoms. The van der Waals surface area contributed by atoms with Gasteiger partial charge in [0.15, 0.2) is 0 Å². The van der Waals surface area contributed by atoms with Gasteiger partial charge < -0.3 is 43.2 Å². The Morgan fingerprint density at radius 2 is 0.518 bits per heavy atom. The van der Waals surface area contributed by atoms with Gasteiger partial charge in [0.25, 0.3) is 0 Å². The number of rotatable bonds is 14. The quantitative estimate of drug-likeness (QED) is 0.0798. The standard InChI is InChI=1S/2C22H16N2.4C11H19NSi.C6H6.2Fe.2Lu/c2*1-3-9-17(10-4-1)19-13-7-15-21(23-19)22-16-8-14-20(24-22)18-11-5-2-6-12-18;4*1-11(2,3)13(4,5)12-10-8-6-7-9-10;1-5-3-6(2)4-5;;;;/h2*1-16H;4*6-9H,1-5H3;1-2H3;;;;/q;;5*-2;+2;+3;;+3. The molecule has 0 spiro atoms. The zero-order chi connectivity index (χ0) is 77.4. The fourth-order valence-electron chi connectivity index (χ4n) is 9.67. The minimum atomic E-state index is -1.48. The molecule has 4 heterocycles. The summed E-state index contributed by atoms with van der Waals surface area (Å²) in [5.41, 5.74) is 18.7. The molecule has 8 aromatic carbocycles. The molecule has 1 aliphatic rings. The van der Waals surface area contributed by atoms with Crippen LogP contribution in [0.4, 0.5) is 22.7 Å². The molecule has 594 valence electrons. The van der Waals surface area contributed by atoms with E-state index in [4.69, 9.17) is 39.9 Å². The molecule has 0 N–H and O–H groups in total. The van der Waals surface area contributed by atoms with E-state index >= 15 is 0 Å². The minimum absolute atomic E-state index is 0. The third-order valence-electron chi connectivity index (χ3n) is 20.1. The molecule has 1 aliphatic carbocycles. The van der Waals surface area contributed by atoms with E-state index < -0.39 is 32.9 Å². The normalized spacial score (nSPS) is 11.7. The Morgan fingerprint density at radius 1 is 0.300 bits per heavy atom. The molecule has 0 amide bonds. The van der Waals surface area contributed by atoms with E-state index in [0.717, 1.165) is 102 Å². The predicted molar refractivity (Wildman–Crippen MR) is 471 cm³/mol. The van der Waals surface area contributed by atoms with Crippen LogP contribution in [0, 0.1) is 85.9 Å². The summed E-state index contributed by atoms with van der Waals surface area (Å²) in [7, 11) is -5.94. The van der Waals surface area contributed by atoms with Gasteiger partial charge in [-0.2, -0.15) is 12.1 Å². The van der Waals surface area contributed by atoms with Crippen LogP contribution in [0.3, 0.4) is 0 Å². The van der Waals surface area contributed by atoms with E-state index in [1.54, 1.807) is 0 Å². The summed E-state index contributed by atoms with van der Waals surface area (Å²) in [5, 5.41) is 1.35. The molecule has 0 unspecified atom stereocenters. The molecule has 13 rings (SSSR count). The molecule has 0 bridgehead atoms. The van der Waals surface area contributed by atoms with Crippen LogP contribution in [0.2, 0.25) is 72.5 Å². The van der Waals surface area contributed by atoms with Crippen LogP contribution >= 0.6 is 0 Å². The Hall–Kier alpha value is -6.07. The molecule has 0 saturated heterocycles. The summed E-state index contributed by atoms with van der Waals surface area (Å²) < 4.78 is 0. The Morgan fingerprint density at radius 3 is 0.700 bits per heavy atom. The summed E-state index contributed by atoms with van der Waals surface area (Å²) in [6, 6.07) is 98.1. The van der Waals surface area contributed by atoms with Crippen molar-refractivity contribution < 1.29 is 108 Å². The number of hydrogen-bond donors (Lipinski definition) is 0. The van der Waals surface area contributed by atoms with Crippen molar-refractivity contribution in [1.29, 1.82) is 0 Å². The van der Waals surface area contributed by atoms with Gasteiger partial charge in [-0.25, -0.2) is 105 Å². The molecule has 110 heavy (non-hydrogen) atoms. The first-order chi connectivity index (χ1) is 49.9. The van der Waals surface area contributed by atoms with Crippen molar-refractivity contribution in [3.05, 3.63) is 334 Å². The Labute approximate surface area is 746 Å². The maximum Gasteiger partial charge on any atom is 3.00 e. The Kier molecular flexibility index (Phi) is 40.3. The van der Waals surface area contributed by atoms with Crippen molar-refractivity contribution in [3.8, 4) is 67.8 Å². The average Bonchev–Trinajstić information content (AvgIpc) is 1.72. The fraction of sp³-hybridized carbons (Fsp3) is 0.277. The van der Waals surface area contributed by atoms with Crippen LogP contribution < -0.4 is 0 Å². The molecule has 8 nitrogen and oxygen atoms in total. The van der Waals surface area contributed by atoms with E-state index in [9.17, 15) is 0 Å². The van der Waals surface area contributed by atoms with Crippen LogP contribution in [0.5, 0.6) is 0 Å². The Balaban J connectivity index is 0.000000342. The van der Waals surface area contributed by atoms with Crippen LogP contribution in [-0.2, 0) is 34.1 Å². The van der Waals surface area contributed by atoms with Crippen molar-refractivity contribution in [1.82, 2.24) is 19.9 Å². The van der Waals surface area contributed by atoms with Gasteiger partial charge in [-0.1, -0.05) is 301 Å². The summed E-state index contributed by atoms with van der Waals surface area (Å²) in [6.45, 7) is 49.9. The van der Waals surface area contributed by atoms with Gasteiger partial charge in [-0.15, -0.1) is 13.8 Å². The van der Waals surface area contributed by atoms with Crippen molar-refractivity contribution in [2.45, 2.75) is 169 Å². The molecule has 12 aromatic rings. The second-order valence-electron chi connectivity index (χ2n) is 32.9. The second kappa shape index (κ2) is 45.1. The number of aromatic nitrogens is 4. The van der Waals surface area contributed by atoms with Crippen molar-refractivity contribution >= 4 is 55.7 Å². The molecule has 2 radical (unpaired) electrons. The summed E-state index contributed by atoms with van der Waals surface area (Å²) in [4.78, 5) is 38.6. The summed E-state index contributed by atoms with van der Waals surface area (Å²) >= 11 is 0. The molecular weight excluding hydrogens is 1820 g/mol. The second-order valence-corrected chi connectivity index (χ2v) is 52.2. The fourth-order valence-corrected chi connectivity index (χ4v) is 14.2. The summed E-state index contributed by atoms with van der Waals surface area (Å²) in [6.07, 6.45) is 6.06. The topological polar surface area (TPSA) is 108 Å². The third kappa shape index (κ3) is 31.4. The van der Waals surface area contributed by atoms with Crippen molar-refractivity contribution in [3.63, 3.8) is 0 Å². The van der Waals surface area contributed by atoms with Crippen LogP contribution in [0.1, 0.15) is 96.9 Å². The van der Waals surface area contributed by atoms with E-state index in [1.807, 2.05) is 208 Å². The minimum Gasteiger partial charge on any atom is -0.745 e. The smallest absolute Gasteiger partial charge is 0.745 e. The van der Waals surface area contributed by atoms with Crippen LogP contribution in [0.15, 0.2) is 302 Å². The van der Waals surface area contributed by atoms with E-state index in [0.29, 0.717) is 20.2 Å². The molecule has 0 atom stereocenters. The molecule has 0 fully saturated rings. The zero-order valence-corrected chi connectivity index (χ0v) is 78.0. The molecule has 4 aromatic heterocycles. The largest absolute Gasteiger partial charge is 3.00 e. The third-order valence-corrected chi connectivity index (χ3v) is 38.1. The predicted octanol–water partition coefficient (Wildman–Crippen LogP) is 30.1. The van der Waals surface area contributed by atoms with Crippen LogP contribution in [0.25, 0.3) is 87.7 Å². The maximum atomic E-state index is 4.86. The Bertz CT molecular complexity index is 4000. The number of pyridine rings is 4. The molecular formula is C94H114Fe2Lu2N8Si4-2. The zero-order valence-electron chi connectivity index (χ0n) is 68.5.